The summed E-state index contributed by atoms with van der Waals surface area (Å²) in [5.41, 5.74) is 2.39. The van der Waals surface area contributed by atoms with E-state index in [0.29, 0.717) is 25.6 Å². The van der Waals surface area contributed by atoms with Crippen LogP contribution in [0.4, 0.5) is 0 Å². The van der Waals surface area contributed by atoms with E-state index >= 15 is 0 Å². The first-order valence-electron chi connectivity index (χ1n) is 11.0. The predicted molar refractivity (Wildman–Crippen MR) is 132 cm³/mol. The van der Waals surface area contributed by atoms with Gasteiger partial charge < -0.3 is 15.1 Å². The molecule has 2 saturated heterocycles. The minimum absolute atomic E-state index is 0. The summed E-state index contributed by atoms with van der Waals surface area (Å²) in [5, 5.41) is 3.47. The first-order chi connectivity index (χ1) is 14.2. The van der Waals surface area contributed by atoms with Crippen LogP contribution in [0.25, 0.3) is 0 Å². The second-order valence-electron chi connectivity index (χ2n) is 8.22. The maximum absolute atomic E-state index is 11.9. The van der Waals surface area contributed by atoms with E-state index in [1.807, 2.05) is 4.90 Å². The van der Waals surface area contributed by atoms with Crippen molar-refractivity contribution in [2.75, 3.05) is 39.3 Å². The molecular weight excluding hydrogens is 489 g/mol. The van der Waals surface area contributed by atoms with E-state index < -0.39 is 0 Å². The molecule has 3 aliphatic rings. The highest BCUT2D eigenvalue weighted by atomic mass is 127. The molecule has 0 spiro atoms. The molecule has 0 aliphatic carbocycles. The number of benzene rings is 1. The summed E-state index contributed by atoms with van der Waals surface area (Å²) >= 11 is 0. The number of likely N-dealkylation sites (tertiary alicyclic amines) is 2. The van der Waals surface area contributed by atoms with Crippen LogP contribution in [0.3, 0.4) is 0 Å². The van der Waals surface area contributed by atoms with Gasteiger partial charge in [-0.3, -0.25) is 9.69 Å². The van der Waals surface area contributed by atoms with Gasteiger partial charge in [0.1, 0.15) is 0 Å². The van der Waals surface area contributed by atoms with Gasteiger partial charge in [0.15, 0.2) is 5.96 Å². The van der Waals surface area contributed by atoms with E-state index in [9.17, 15) is 4.79 Å². The molecule has 1 amide bonds. The van der Waals surface area contributed by atoms with Crippen LogP contribution in [0, 0.1) is 0 Å². The zero-order chi connectivity index (χ0) is 20.1. The molecule has 0 bridgehead atoms. The Hall–Kier alpha value is -1.61. The van der Waals surface area contributed by atoms with Gasteiger partial charge in [-0.25, -0.2) is 4.99 Å². The molecule has 3 aliphatic heterocycles. The van der Waals surface area contributed by atoms with Crippen molar-refractivity contribution in [2.45, 2.75) is 45.3 Å². The molecule has 1 aromatic rings. The summed E-state index contributed by atoms with van der Waals surface area (Å²) in [5.74, 6) is 1.29. The third kappa shape index (κ3) is 5.75. The third-order valence-corrected chi connectivity index (χ3v) is 6.11. The number of amides is 1. The van der Waals surface area contributed by atoms with Gasteiger partial charge in [-0.05, 0) is 30.9 Å². The molecule has 4 rings (SSSR count). The zero-order valence-corrected chi connectivity index (χ0v) is 20.3. The molecule has 30 heavy (non-hydrogen) atoms. The molecule has 1 atom stereocenters. The fourth-order valence-corrected chi connectivity index (χ4v) is 4.53. The first kappa shape index (κ1) is 23.1. The Balaban J connectivity index is 0.00000256. The van der Waals surface area contributed by atoms with Gasteiger partial charge in [0.25, 0.3) is 0 Å². The molecule has 1 unspecified atom stereocenters. The second kappa shape index (κ2) is 11.1. The Morgan fingerprint density at radius 3 is 2.73 bits per heavy atom. The number of aliphatic imine (C=N–C) groups is 1. The number of carbonyl (C=O) groups is 1. The number of nitrogens with one attached hydrogen (secondary N) is 1. The van der Waals surface area contributed by atoms with Crippen molar-refractivity contribution in [2.24, 2.45) is 4.99 Å². The minimum Gasteiger partial charge on any atom is -0.357 e. The van der Waals surface area contributed by atoms with E-state index in [1.54, 1.807) is 0 Å². The highest BCUT2D eigenvalue weighted by molar-refractivity contribution is 14.0. The van der Waals surface area contributed by atoms with Crippen LogP contribution >= 0.6 is 24.0 Å². The predicted octanol–water partition coefficient (Wildman–Crippen LogP) is 2.84. The van der Waals surface area contributed by atoms with E-state index in [1.165, 1.54) is 17.5 Å². The maximum Gasteiger partial charge on any atom is 0.222 e. The number of nitrogens with zero attached hydrogens (tertiary/aromatic N) is 4. The topological polar surface area (TPSA) is 51.2 Å². The number of halogens is 1. The van der Waals surface area contributed by atoms with Gasteiger partial charge in [0, 0.05) is 58.3 Å². The zero-order valence-electron chi connectivity index (χ0n) is 17.9. The minimum atomic E-state index is 0. The van der Waals surface area contributed by atoms with Crippen molar-refractivity contribution in [1.29, 1.82) is 0 Å². The Bertz CT molecular complexity index is 773. The second-order valence-corrected chi connectivity index (χ2v) is 8.22. The van der Waals surface area contributed by atoms with Gasteiger partial charge >= 0.3 is 0 Å². The first-order valence-corrected chi connectivity index (χ1v) is 11.0. The fourth-order valence-electron chi connectivity index (χ4n) is 4.53. The van der Waals surface area contributed by atoms with Crippen LogP contribution in [0.2, 0.25) is 0 Å². The lowest BCUT2D eigenvalue weighted by Crippen LogP contribution is -2.42. The van der Waals surface area contributed by atoms with E-state index in [4.69, 9.17) is 4.99 Å². The molecule has 1 aromatic carbocycles. The Morgan fingerprint density at radius 1 is 1.20 bits per heavy atom. The molecule has 2 fully saturated rings. The lowest BCUT2D eigenvalue weighted by molar-refractivity contribution is -0.128. The van der Waals surface area contributed by atoms with Crippen molar-refractivity contribution in [3.05, 3.63) is 47.5 Å². The number of hydrogen-bond donors (Lipinski definition) is 1. The molecule has 3 heterocycles. The normalized spacial score (nSPS) is 22.1. The number of hydrogen-bond acceptors (Lipinski definition) is 3. The summed E-state index contributed by atoms with van der Waals surface area (Å²) in [7, 11) is 0. The smallest absolute Gasteiger partial charge is 0.222 e. The quantitative estimate of drug-likeness (QED) is 0.270. The summed E-state index contributed by atoms with van der Waals surface area (Å²) in [6.45, 7) is 9.54. The lowest BCUT2D eigenvalue weighted by atomic mass is 10.1. The average Bonchev–Trinajstić information content (AvgIpc) is 3.48. The van der Waals surface area contributed by atoms with Gasteiger partial charge in [-0.2, -0.15) is 0 Å². The van der Waals surface area contributed by atoms with Crippen LogP contribution in [-0.4, -0.2) is 71.9 Å². The van der Waals surface area contributed by atoms with Crippen molar-refractivity contribution >= 4 is 35.8 Å². The van der Waals surface area contributed by atoms with Crippen LogP contribution in [0.15, 0.2) is 41.4 Å². The largest absolute Gasteiger partial charge is 0.357 e. The van der Waals surface area contributed by atoms with Crippen molar-refractivity contribution in [1.82, 2.24) is 20.0 Å². The molecule has 1 N–H and O–H groups in total. The molecule has 164 valence electrons. The SMILES string of the molecule is CCNC(=NCc1cccc(CN2CCCC2=O)c1)N1CCC(N2CC=CC2)C1.I. The summed E-state index contributed by atoms with van der Waals surface area (Å²) in [6, 6.07) is 9.14. The van der Waals surface area contributed by atoms with Gasteiger partial charge in [-0.15, -0.1) is 24.0 Å². The summed E-state index contributed by atoms with van der Waals surface area (Å²) in [4.78, 5) is 23.7. The van der Waals surface area contributed by atoms with E-state index in [0.717, 1.165) is 51.6 Å². The van der Waals surface area contributed by atoms with Crippen molar-refractivity contribution in [3.8, 4) is 0 Å². The highest BCUT2D eigenvalue weighted by Crippen LogP contribution is 2.19. The molecule has 0 aromatic heterocycles. The van der Waals surface area contributed by atoms with Gasteiger partial charge in [-0.1, -0.05) is 36.4 Å². The average molecular weight is 523 g/mol. The van der Waals surface area contributed by atoms with Crippen molar-refractivity contribution < 1.29 is 4.79 Å². The molecule has 0 saturated carbocycles. The highest BCUT2D eigenvalue weighted by Gasteiger charge is 2.29. The fraction of sp³-hybridized carbons (Fsp3) is 0.565. The molecular formula is C23H34IN5O. The maximum atomic E-state index is 11.9. The monoisotopic (exact) mass is 523 g/mol. The Morgan fingerprint density at radius 2 is 2.00 bits per heavy atom. The molecule has 6 nitrogen and oxygen atoms in total. The van der Waals surface area contributed by atoms with Crippen LogP contribution < -0.4 is 5.32 Å². The molecule has 0 radical (unpaired) electrons. The Labute approximate surface area is 197 Å². The summed E-state index contributed by atoms with van der Waals surface area (Å²) < 4.78 is 0. The Kier molecular flexibility index (Phi) is 8.56. The van der Waals surface area contributed by atoms with Crippen LogP contribution in [0.1, 0.15) is 37.3 Å². The standard InChI is InChI=1S/C23H33N5O.HI/c1-2-24-23(28-14-10-21(18-28)26-11-3-4-12-26)25-16-19-7-5-8-20(15-19)17-27-13-6-9-22(27)29;/h3-5,7-8,15,21H,2,6,9-14,16-18H2,1H3,(H,24,25);1H. The van der Waals surface area contributed by atoms with Crippen LogP contribution in [0.5, 0.6) is 0 Å². The molecule has 7 heteroatoms. The van der Waals surface area contributed by atoms with Gasteiger partial charge in [0.05, 0.1) is 6.54 Å². The van der Waals surface area contributed by atoms with Gasteiger partial charge in [0.2, 0.25) is 5.91 Å². The lowest BCUT2D eigenvalue weighted by Gasteiger charge is -2.25. The van der Waals surface area contributed by atoms with E-state index in [-0.39, 0.29) is 29.9 Å². The third-order valence-electron chi connectivity index (χ3n) is 6.11. The van der Waals surface area contributed by atoms with E-state index in [2.05, 4.69) is 58.5 Å². The number of guanidine groups is 1. The van der Waals surface area contributed by atoms with Crippen LogP contribution in [-0.2, 0) is 17.9 Å². The van der Waals surface area contributed by atoms with Crippen molar-refractivity contribution in [3.63, 3.8) is 0 Å². The number of rotatable bonds is 6. The number of carbonyl (C=O) groups excluding carboxylic acids is 1. The summed E-state index contributed by atoms with van der Waals surface area (Å²) in [6.07, 6.45) is 7.42.